The zero-order valence-corrected chi connectivity index (χ0v) is 8.39. The quantitative estimate of drug-likeness (QED) is 0.773. The largest absolute Gasteiger partial charge is 0.469 e. The molecule has 72 valence electrons. The van der Waals surface area contributed by atoms with E-state index >= 15 is 0 Å². The van der Waals surface area contributed by atoms with E-state index in [1.165, 1.54) is 24.0 Å². The summed E-state index contributed by atoms with van der Waals surface area (Å²) >= 11 is 0. The molecule has 13 heavy (non-hydrogen) atoms. The monoisotopic (exact) mass is 179 g/mol. The first kappa shape index (κ1) is 8.82. The molecule has 0 aromatic carbocycles. The SMILES string of the molecule is Cc1coc(C)c1CCC1(N)CC1. The van der Waals surface area contributed by atoms with Gasteiger partial charge in [0.05, 0.1) is 6.26 Å². The second-order valence-corrected chi connectivity index (χ2v) is 4.32. The average Bonchev–Trinajstić information content (AvgIpc) is 2.72. The van der Waals surface area contributed by atoms with E-state index in [1.54, 1.807) is 0 Å². The van der Waals surface area contributed by atoms with Crippen LogP contribution in [-0.4, -0.2) is 5.54 Å². The minimum atomic E-state index is 0.163. The van der Waals surface area contributed by atoms with Crippen molar-refractivity contribution in [2.75, 3.05) is 0 Å². The van der Waals surface area contributed by atoms with Crippen LogP contribution in [0.2, 0.25) is 0 Å². The maximum Gasteiger partial charge on any atom is 0.104 e. The van der Waals surface area contributed by atoms with Crippen LogP contribution in [0.4, 0.5) is 0 Å². The first-order valence-corrected chi connectivity index (χ1v) is 4.93. The van der Waals surface area contributed by atoms with Gasteiger partial charge in [0.1, 0.15) is 5.76 Å². The molecule has 1 fully saturated rings. The molecule has 0 saturated heterocycles. The summed E-state index contributed by atoms with van der Waals surface area (Å²) in [5.41, 5.74) is 8.82. The van der Waals surface area contributed by atoms with Crippen molar-refractivity contribution in [2.24, 2.45) is 5.73 Å². The fourth-order valence-electron chi connectivity index (χ4n) is 1.75. The van der Waals surface area contributed by atoms with E-state index in [9.17, 15) is 0 Å². The molecule has 2 N–H and O–H groups in total. The predicted octanol–water partition coefficient (Wildman–Crippen LogP) is 2.32. The van der Waals surface area contributed by atoms with Crippen LogP contribution < -0.4 is 5.73 Å². The van der Waals surface area contributed by atoms with Gasteiger partial charge in [-0.2, -0.15) is 0 Å². The summed E-state index contributed by atoms with van der Waals surface area (Å²) in [4.78, 5) is 0. The lowest BCUT2D eigenvalue weighted by atomic mass is 10.0. The Labute approximate surface area is 79.1 Å². The molecule has 0 bridgehead atoms. The summed E-state index contributed by atoms with van der Waals surface area (Å²) in [6.07, 6.45) is 6.41. The molecule has 1 aromatic heterocycles. The highest BCUT2D eigenvalue weighted by molar-refractivity contribution is 5.26. The maximum absolute atomic E-state index is 6.03. The first-order valence-electron chi connectivity index (χ1n) is 4.93. The van der Waals surface area contributed by atoms with Gasteiger partial charge in [0.2, 0.25) is 0 Å². The van der Waals surface area contributed by atoms with Gasteiger partial charge >= 0.3 is 0 Å². The summed E-state index contributed by atoms with van der Waals surface area (Å²) in [5, 5.41) is 0. The highest BCUT2D eigenvalue weighted by atomic mass is 16.3. The van der Waals surface area contributed by atoms with Crippen molar-refractivity contribution in [3.8, 4) is 0 Å². The molecule has 0 unspecified atom stereocenters. The predicted molar refractivity (Wildman–Crippen MR) is 52.7 cm³/mol. The molecule has 2 heteroatoms. The van der Waals surface area contributed by atoms with E-state index in [-0.39, 0.29) is 5.54 Å². The summed E-state index contributed by atoms with van der Waals surface area (Å²) in [6, 6.07) is 0. The number of nitrogens with two attached hydrogens (primary N) is 1. The highest BCUT2D eigenvalue weighted by Crippen LogP contribution is 2.37. The number of furan rings is 1. The molecule has 0 amide bonds. The van der Waals surface area contributed by atoms with E-state index in [4.69, 9.17) is 10.2 Å². The summed E-state index contributed by atoms with van der Waals surface area (Å²) < 4.78 is 5.34. The number of rotatable bonds is 3. The molecule has 1 aliphatic rings. The standard InChI is InChI=1S/C11H17NO/c1-8-7-13-9(2)10(8)3-4-11(12)5-6-11/h7H,3-6,12H2,1-2H3. The Morgan fingerprint density at radius 1 is 1.46 bits per heavy atom. The molecule has 0 atom stereocenters. The summed E-state index contributed by atoms with van der Waals surface area (Å²) in [6.45, 7) is 4.13. The van der Waals surface area contributed by atoms with Gasteiger partial charge in [-0.1, -0.05) is 0 Å². The second kappa shape index (κ2) is 2.88. The highest BCUT2D eigenvalue weighted by Gasteiger charge is 2.37. The number of hydrogen-bond acceptors (Lipinski definition) is 2. The normalized spacial score (nSPS) is 19.0. The topological polar surface area (TPSA) is 39.2 Å². The third-order valence-corrected chi connectivity index (χ3v) is 3.08. The lowest BCUT2D eigenvalue weighted by molar-refractivity contribution is 0.524. The van der Waals surface area contributed by atoms with Gasteiger partial charge < -0.3 is 10.2 Å². The molecule has 1 heterocycles. The minimum Gasteiger partial charge on any atom is -0.469 e. The third-order valence-electron chi connectivity index (χ3n) is 3.08. The van der Waals surface area contributed by atoms with Crippen molar-refractivity contribution >= 4 is 0 Å². The Balaban J connectivity index is 2.00. The van der Waals surface area contributed by atoms with Crippen molar-refractivity contribution in [3.63, 3.8) is 0 Å². The first-order chi connectivity index (χ1) is 6.11. The molecule has 0 spiro atoms. The van der Waals surface area contributed by atoms with Crippen molar-refractivity contribution in [2.45, 2.75) is 45.1 Å². The molecule has 0 aliphatic heterocycles. The smallest absolute Gasteiger partial charge is 0.104 e. The molecule has 2 rings (SSSR count). The Hall–Kier alpha value is -0.760. The van der Waals surface area contributed by atoms with Gasteiger partial charge in [0.15, 0.2) is 0 Å². The van der Waals surface area contributed by atoms with Crippen molar-refractivity contribution in [1.29, 1.82) is 0 Å². The van der Waals surface area contributed by atoms with Crippen molar-refractivity contribution in [3.05, 3.63) is 23.2 Å². The zero-order valence-electron chi connectivity index (χ0n) is 8.39. The number of hydrogen-bond donors (Lipinski definition) is 1. The molecule has 1 aromatic rings. The molecule has 1 aliphatic carbocycles. The van der Waals surface area contributed by atoms with E-state index in [0.29, 0.717) is 0 Å². The zero-order chi connectivity index (χ0) is 9.47. The van der Waals surface area contributed by atoms with Gasteiger partial charge in [-0.3, -0.25) is 0 Å². The summed E-state index contributed by atoms with van der Waals surface area (Å²) in [7, 11) is 0. The van der Waals surface area contributed by atoms with Crippen LogP contribution >= 0.6 is 0 Å². The third kappa shape index (κ3) is 1.78. The van der Waals surface area contributed by atoms with Gasteiger partial charge in [-0.15, -0.1) is 0 Å². The Morgan fingerprint density at radius 3 is 2.62 bits per heavy atom. The lowest BCUT2D eigenvalue weighted by Crippen LogP contribution is -2.22. The van der Waals surface area contributed by atoms with Crippen molar-refractivity contribution < 1.29 is 4.42 Å². The minimum absolute atomic E-state index is 0.163. The molecule has 0 radical (unpaired) electrons. The van der Waals surface area contributed by atoms with Gasteiger partial charge in [0.25, 0.3) is 0 Å². The number of aryl methyl sites for hydroxylation is 2. The fraction of sp³-hybridized carbons (Fsp3) is 0.636. The fourth-order valence-corrected chi connectivity index (χ4v) is 1.75. The van der Waals surface area contributed by atoms with E-state index in [1.807, 2.05) is 13.2 Å². The summed E-state index contributed by atoms with van der Waals surface area (Å²) in [5.74, 6) is 1.06. The van der Waals surface area contributed by atoms with Crippen LogP contribution in [0.3, 0.4) is 0 Å². The lowest BCUT2D eigenvalue weighted by Gasteiger charge is -2.07. The van der Waals surface area contributed by atoms with Crippen LogP contribution in [0.25, 0.3) is 0 Å². The van der Waals surface area contributed by atoms with E-state index < -0.39 is 0 Å². The Bertz CT molecular complexity index is 290. The van der Waals surface area contributed by atoms with E-state index in [0.717, 1.165) is 18.6 Å². The van der Waals surface area contributed by atoms with Crippen LogP contribution in [-0.2, 0) is 6.42 Å². The van der Waals surface area contributed by atoms with Gasteiger partial charge in [0, 0.05) is 5.54 Å². The Kier molecular flexibility index (Phi) is 1.95. The molecule has 1 saturated carbocycles. The Morgan fingerprint density at radius 2 is 2.15 bits per heavy atom. The van der Waals surface area contributed by atoms with Gasteiger partial charge in [-0.25, -0.2) is 0 Å². The van der Waals surface area contributed by atoms with Crippen LogP contribution in [0, 0.1) is 13.8 Å². The second-order valence-electron chi connectivity index (χ2n) is 4.32. The van der Waals surface area contributed by atoms with Crippen LogP contribution in [0.5, 0.6) is 0 Å². The van der Waals surface area contributed by atoms with E-state index in [2.05, 4.69) is 6.92 Å². The molecule has 2 nitrogen and oxygen atoms in total. The molecular weight excluding hydrogens is 162 g/mol. The van der Waals surface area contributed by atoms with Crippen molar-refractivity contribution in [1.82, 2.24) is 0 Å². The van der Waals surface area contributed by atoms with Gasteiger partial charge in [-0.05, 0) is 50.7 Å². The molecular formula is C11H17NO. The van der Waals surface area contributed by atoms with Crippen LogP contribution in [0.1, 0.15) is 36.1 Å². The maximum atomic E-state index is 6.03. The average molecular weight is 179 g/mol. The van der Waals surface area contributed by atoms with Crippen LogP contribution in [0.15, 0.2) is 10.7 Å².